The number of fused-ring (bicyclic) bond motifs is 2. The first-order valence-corrected chi connectivity index (χ1v) is 7.33. The van der Waals surface area contributed by atoms with Crippen LogP contribution in [0.3, 0.4) is 0 Å². The third-order valence-electron chi connectivity index (χ3n) is 4.48. The first kappa shape index (κ1) is 13.0. The lowest BCUT2D eigenvalue weighted by Crippen LogP contribution is -2.34. The van der Waals surface area contributed by atoms with Crippen molar-refractivity contribution in [3.05, 3.63) is 83.4 Å². The monoisotopic (exact) mass is 290 g/mol. The van der Waals surface area contributed by atoms with E-state index in [1.54, 1.807) is 0 Å². The van der Waals surface area contributed by atoms with Gasteiger partial charge in [-0.25, -0.2) is 4.79 Å². The Bertz CT molecular complexity index is 762. The van der Waals surface area contributed by atoms with Crippen molar-refractivity contribution >= 4 is 11.9 Å². The maximum atomic E-state index is 12.4. The molecule has 1 fully saturated rings. The number of allylic oxidation sites excluding steroid dienone is 1. The number of cyclic esters (lactones) is 2. The van der Waals surface area contributed by atoms with Gasteiger partial charge in [-0.15, -0.1) is 0 Å². The van der Waals surface area contributed by atoms with Crippen molar-refractivity contribution < 1.29 is 14.3 Å². The Hall–Kier alpha value is -2.68. The topological polar surface area (TPSA) is 43.4 Å². The van der Waals surface area contributed by atoms with Gasteiger partial charge in [-0.1, -0.05) is 66.7 Å². The van der Waals surface area contributed by atoms with E-state index in [9.17, 15) is 9.59 Å². The summed E-state index contributed by atoms with van der Waals surface area (Å²) in [6.45, 7) is 0. The fourth-order valence-corrected chi connectivity index (χ4v) is 3.52. The number of hydrogen-bond acceptors (Lipinski definition) is 3. The third-order valence-corrected chi connectivity index (χ3v) is 4.48. The Labute approximate surface area is 128 Å². The molecule has 3 heteroatoms. The van der Waals surface area contributed by atoms with Crippen LogP contribution in [0.5, 0.6) is 0 Å². The highest BCUT2D eigenvalue weighted by Gasteiger charge is 2.51. The van der Waals surface area contributed by atoms with Gasteiger partial charge in [0.1, 0.15) is 0 Å². The molecule has 1 aliphatic heterocycles. The van der Waals surface area contributed by atoms with Crippen molar-refractivity contribution in [2.24, 2.45) is 5.92 Å². The van der Waals surface area contributed by atoms with Crippen LogP contribution >= 0.6 is 0 Å². The molecule has 2 aliphatic rings. The molecule has 0 N–H and O–H groups in total. The van der Waals surface area contributed by atoms with Crippen LogP contribution in [0.2, 0.25) is 0 Å². The summed E-state index contributed by atoms with van der Waals surface area (Å²) in [5.74, 6) is -1.61. The van der Waals surface area contributed by atoms with Crippen LogP contribution in [0, 0.1) is 5.92 Å². The van der Waals surface area contributed by atoms with Gasteiger partial charge in [0.25, 0.3) is 0 Å². The van der Waals surface area contributed by atoms with Crippen LogP contribution in [0.4, 0.5) is 0 Å². The maximum Gasteiger partial charge on any atom is 0.342 e. The van der Waals surface area contributed by atoms with Gasteiger partial charge in [-0.2, -0.15) is 0 Å². The molecule has 0 saturated carbocycles. The molecule has 1 saturated heterocycles. The zero-order valence-corrected chi connectivity index (χ0v) is 11.8. The molecule has 2 unspecified atom stereocenters. The quantitative estimate of drug-likeness (QED) is 0.630. The minimum absolute atomic E-state index is 0.111. The van der Waals surface area contributed by atoms with E-state index in [0.29, 0.717) is 5.57 Å². The van der Waals surface area contributed by atoms with Gasteiger partial charge in [0.15, 0.2) is 0 Å². The number of benzene rings is 2. The molecule has 0 amide bonds. The standard InChI is InChI=1S/C19H14O3/c20-18-15-11-14(12-7-3-1-4-8-12)17(19(21)22-18)16(15)13-9-5-2-6-10-13/h1-11,14,16-17H/t14-,16?,17?/m1/s1. The molecule has 0 spiro atoms. The summed E-state index contributed by atoms with van der Waals surface area (Å²) in [5, 5.41) is 0. The van der Waals surface area contributed by atoms with Gasteiger partial charge in [-0.05, 0) is 11.1 Å². The zero-order chi connectivity index (χ0) is 15.1. The molecule has 1 heterocycles. The van der Waals surface area contributed by atoms with E-state index < -0.39 is 11.9 Å². The van der Waals surface area contributed by atoms with Crippen LogP contribution < -0.4 is 0 Å². The third kappa shape index (κ3) is 1.90. The Morgan fingerprint density at radius 2 is 1.36 bits per heavy atom. The molecule has 2 bridgehead atoms. The Kier molecular flexibility index (Phi) is 2.93. The second-order valence-electron chi connectivity index (χ2n) is 5.68. The lowest BCUT2D eigenvalue weighted by Gasteiger charge is -2.28. The van der Waals surface area contributed by atoms with E-state index in [1.165, 1.54) is 0 Å². The van der Waals surface area contributed by atoms with Crippen LogP contribution in [-0.4, -0.2) is 11.9 Å². The number of carbonyl (C=O) groups excluding carboxylic acids is 2. The molecule has 2 aromatic rings. The molecule has 4 rings (SSSR count). The summed E-state index contributed by atoms with van der Waals surface area (Å²) >= 11 is 0. The molecule has 2 aromatic carbocycles. The van der Waals surface area contributed by atoms with Gasteiger partial charge in [-0.3, -0.25) is 4.79 Å². The first-order valence-electron chi connectivity index (χ1n) is 7.33. The minimum atomic E-state index is -0.506. The van der Waals surface area contributed by atoms with E-state index in [2.05, 4.69) is 0 Å². The second-order valence-corrected chi connectivity index (χ2v) is 5.68. The van der Waals surface area contributed by atoms with Gasteiger partial charge in [0, 0.05) is 17.4 Å². The molecule has 0 aromatic heterocycles. The van der Waals surface area contributed by atoms with Gasteiger partial charge >= 0.3 is 11.9 Å². The van der Waals surface area contributed by atoms with Crippen LogP contribution in [0.25, 0.3) is 0 Å². The SMILES string of the molecule is O=C1OC(=O)C2C(c3ccccc3)C1=C[C@@H]2c1ccccc1. The van der Waals surface area contributed by atoms with E-state index in [0.717, 1.165) is 11.1 Å². The Morgan fingerprint density at radius 3 is 2.00 bits per heavy atom. The van der Waals surface area contributed by atoms with E-state index in [1.807, 2.05) is 66.7 Å². The summed E-state index contributed by atoms with van der Waals surface area (Å²) in [7, 11) is 0. The number of ether oxygens (including phenoxy) is 1. The van der Waals surface area contributed by atoms with Crippen molar-refractivity contribution in [2.45, 2.75) is 11.8 Å². The average molecular weight is 290 g/mol. The predicted molar refractivity (Wildman–Crippen MR) is 81.0 cm³/mol. The Balaban J connectivity index is 1.84. The maximum absolute atomic E-state index is 12.4. The van der Waals surface area contributed by atoms with E-state index in [-0.39, 0.29) is 17.8 Å². The van der Waals surface area contributed by atoms with Gasteiger partial charge in [0.2, 0.25) is 0 Å². The summed E-state index contributed by atoms with van der Waals surface area (Å²) in [5.41, 5.74) is 2.63. The van der Waals surface area contributed by atoms with Crippen molar-refractivity contribution in [1.29, 1.82) is 0 Å². The predicted octanol–water partition coefficient (Wildman–Crippen LogP) is 3.19. The summed E-state index contributed by atoms with van der Waals surface area (Å²) in [6.07, 6.45) is 1.91. The van der Waals surface area contributed by atoms with Crippen molar-refractivity contribution in [3.63, 3.8) is 0 Å². The number of carbonyl (C=O) groups is 2. The van der Waals surface area contributed by atoms with Gasteiger partial charge in [0.05, 0.1) is 5.92 Å². The molecular weight excluding hydrogens is 276 g/mol. The Morgan fingerprint density at radius 1 is 0.773 bits per heavy atom. The first-order chi connectivity index (χ1) is 10.8. The lowest BCUT2D eigenvalue weighted by molar-refractivity contribution is -0.163. The summed E-state index contributed by atoms with van der Waals surface area (Å²) < 4.78 is 4.93. The molecular formula is C19H14O3. The highest BCUT2D eigenvalue weighted by atomic mass is 16.6. The second kappa shape index (κ2) is 4.95. The largest absolute Gasteiger partial charge is 0.389 e. The fraction of sp³-hybridized carbons (Fsp3) is 0.158. The zero-order valence-electron chi connectivity index (χ0n) is 11.8. The molecule has 22 heavy (non-hydrogen) atoms. The average Bonchev–Trinajstić information content (AvgIpc) is 2.91. The minimum Gasteiger partial charge on any atom is -0.389 e. The fourth-order valence-electron chi connectivity index (χ4n) is 3.52. The van der Waals surface area contributed by atoms with Crippen LogP contribution in [0.1, 0.15) is 23.0 Å². The molecule has 0 radical (unpaired) electrons. The number of rotatable bonds is 2. The van der Waals surface area contributed by atoms with Crippen molar-refractivity contribution in [1.82, 2.24) is 0 Å². The van der Waals surface area contributed by atoms with Crippen LogP contribution in [-0.2, 0) is 14.3 Å². The van der Waals surface area contributed by atoms with Gasteiger partial charge < -0.3 is 4.74 Å². The van der Waals surface area contributed by atoms with Crippen molar-refractivity contribution in [2.75, 3.05) is 0 Å². The molecule has 108 valence electrons. The smallest absolute Gasteiger partial charge is 0.342 e. The van der Waals surface area contributed by atoms with Crippen molar-refractivity contribution in [3.8, 4) is 0 Å². The highest BCUT2D eigenvalue weighted by Crippen LogP contribution is 2.51. The van der Waals surface area contributed by atoms with E-state index >= 15 is 0 Å². The summed E-state index contributed by atoms with van der Waals surface area (Å²) in [4.78, 5) is 24.5. The van der Waals surface area contributed by atoms with E-state index in [4.69, 9.17) is 4.74 Å². The normalized spacial score (nSPS) is 26.5. The molecule has 1 aliphatic carbocycles. The highest BCUT2D eigenvalue weighted by molar-refractivity contribution is 6.04. The number of esters is 2. The van der Waals surface area contributed by atoms with Crippen LogP contribution in [0.15, 0.2) is 72.3 Å². The molecule has 3 nitrogen and oxygen atoms in total. The summed E-state index contributed by atoms with van der Waals surface area (Å²) in [6, 6.07) is 19.5. The molecule has 3 atom stereocenters. The lowest BCUT2D eigenvalue weighted by atomic mass is 9.78. The number of hydrogen-bond donors (Lipinski definition) is 0.